The van der Waals surface area contributed by atoms with E-state index in [9.17, 15) is 21.6 Å². The zero-order valence-electron chi connectivity index (χ0n) is 22.0. The number of nitrogens with zero attached hydrogens (tertiary/aromatic N) is 3. The molecule has 6 rings (SSSR count). The third-order valence-electron chi connectivity index (χ3n) is 8.05. The van der Waals surface area contributed by atoms with Crippen LogP contribution in [0.2, 0.25) is 0 Å². The van der Waals surface area contributed by atoms with Crippen molar-refractivity contribution in [3.8, 4) is 0 Å². The predicted octanol–water partition coefficient (Wildman–Crippen LogP) is 3.14. The van der Waals surface area contributed by atoms with Gasteiger partial charge in [0.05, 0.1) is 22.5 Å². The molecular formula is C28H29N5O5S2. The van der Waals surface area contributed by atoms with Crippen LogP contribution in [0.15, 0.2) is 76.8 Å². The number of fused-ring (bicyclic) bond motifs is 1. The fourth-order valence-corrected chi connectivity index (χ4v) is 9.57. The molecule has 208 valence electrons. The monoisotopic (exact) mass is 579 g/mol. The fourth-order valence-electron chi connectivity index (χ4n) is 5.83. The number of hydrogen-bond donors (Lipinski definition) is 2. The Hall–Kier alpha value is -3.61. The van der Waals surface area contributed by atoms with Gasteiger partial charge >= 0.3 is 0 Å². The number of anilines is 1. The van der Waals surface area contributed by atoms with Crippen LogP contribution in [0, 0.1) is 25.2 Å². The number of sulfone groups is 1. The molecular weight excluding hydrogens is 550 g/mol. The summed E-state index contributed by atoms with van der Waals surface area (Å²) in [4.78, 5) is 25.6. The normalized spacial score (nSPS) is 22.6. The van der Waals surface area contributed by atoms with Crippen molar-refractivity contribution in [1.29, 1.82) is 0 Å². The van der Waals surface area contributed by atoms with Gasteiger partial charge in [0.25, 0.3) is 10.0 Å². The van der Waals surface area contributed by atoms with E-state index in [1.807, 2.05) is 0 Å². The van der Waals surface area contributed by atoms with Crippen LogP contribution < -0.4 is 9.62 Å². The summed E-state index contributed by atoms with van der Waals surface area (Å²) in [5.74, 6) is -0.700. The first-order valence-electron chi connectivity index (χ1n) is 13.0. The highest BCUT2D eigenvalue weighted by Gasteiger charge is 2.61. The Labute approximate surface area is 232 Å². The molecule has 10 nitrogen and oxygen atoms in total. The minimum Gasteiger partial charge on any atom is -0.345 e. The van der Waals surface area contributed by atoms with E-state index >= 15 is 0 Å². The summed E-state index contributed by atoms with van der Waals surface area (Å²) in [6, 6.07) is 15.0. The number of H-pyrrole nitrogens is 1. The van der Waals surface area contributed by atoms with Gasteiger partial charge in [-0.3, -0.25) is 10.1 Å². The van der Waals surface area contributed by atoms with Crippen LogP contribution in [-0.2, 0) is 24.7 Å². The molecule has 2 aromatic carbocycles. The van der Waals surface area contributed by atoms with Gasteiger partial charge in [-0.15, -0.1) is 0 Å². The molecule has 2 fully saturated rings. The van der Waals surface area contributed by atoms with Crippen molar-refractivity contribution in [1.82, 2.24) is 20.3 Å². The van der Waals surface area contributed by atoms with E-state index in [2.05, 4.69) is 20.3 Å². The average molecular weight is 580 g/mol. The molecule has 1 aliphatic heterocycles. The van der Waals surface area contributed by atoms with Gasteiger partial charge in [-0.1, -0.05) is 30.3 Å². The van der Waals surface area contributed by atoms with Gasteiger partial charge in [0.1, 0.15) is 10.9 Å². The molecule has 4 aromatic rings. The Morgan fingerprint density at radius 2 is 1.82 bits per heavy atom. The van der Waals surface area contributed by atoms with E-state index in [0.29, 0.717) is 36.1 Å². The number of aryl methyl sites for hydroxylation is 2. The molecule has 2 N–H and O–H groups in total. The van der Waals surface area contributed by atoms with Crippen molar-refractivity contribution >= 4 is 42.6 Å². The van der Waals surface area contributed by atoms with Crippen LogP contribution in [-0.4, -0.2) is 56.0 Å². The van der Waals surface area contributed by atoms with E-state index in [1.165, 1.54) is 12.3 Å². The molecule has 0 amide bonds. The second-order valence-electron chi connectivity index (χ2n) is 10.8. The second kappa shape index (κ2) is 9.50. The number of aromatic nitrogens is 3. The zero-order valence-corrected chi connectivity index (χ0v) is 23.7. The number of hydrogen-bond acceptors (Lipinski definition) is 8. The van der Waals surface area contributed by atoms with Gasteiger partial charge in [-0.2, -0.15) is 0 Å². The molecule has 2 aromatic heterocycles. The number of carbonyl (C=O) groups is 1. The highest BCUT2D eigenvalue weighted by atomic mass is 32.2. The van der Waals surface area contributed by atoms with Crippen LogP contribution in [0.25, 0.3) is 11.2 Å². The number of aromatic amines is 1. The lowest BCUT2D eigenvalue weighted by molar-refractivity contribution is -0.132. The standard InChI is InChI=1S/C28H29N5O5S2/c1-18-6-5-8-21(12-18)40(37,38)33(25-15-30-26-22(32-25)10-11-29-26)16-23(34)20-13-28(14-20)17-31-27(28)39(35,36)24-9-4-3-7-19(24)2/h3-12,15,20,27,31H,13-14,16-17H2,1-2H3,(H,29,30). The van der Waals surface area contributed by atoms with Crippen molar-refractivity contribution in [2.75, 3.05) is 17.4 Å². The molecule has 1 spiro atoms. The van der Waals surface area contributed by atoms with Crippen LogP contribution >= 0.6 is 0 Å². The van der Waals surface area contributed by atoms with Gasteiger partial charge < -0.3 is 4.98 Å². The van der Waals surface area contributed by atoms with Crippen molar-refractivity contribution in [2.24, 2.45) is 11.3 Å². The van der Waals surface area contributed by atoms with Gasteiger partial charge in [-0.25, -0.2) is 31.1 Å². The lowest BCUT2D eigenvalue weighted by Crippen LogP contribution is -2.71. The maximum absolute atomic E-state index is 13.8. The number of Topliss-reactive ketones (excluding diaryl/α,β-unsaturated/α-hetero) is 1. The minimum atomic E-state index is -4.14. The second-order valence-corrected chi connectivity index (χ2v) is 14.6. The van der Waals surface area contributed by atoms with Gasteiger partial charge in [0.15, 0.2) is 27.1 Å². The highest BCUT2D eigenvalue weighted by molar-refractivity contribution is 7.93. The molecule has 2 aliphatic rings. The van der Waals surface area contributed by atoms with E-state index in [0.717, 1.165) is 9.87 Å². The smallest absolute Gasteiger partial charge is 0.265 e. The van der Waals surface area contributed by atoms with E-state index in [4.69, 9.17) is 0 Å². The lowest BCUT2D eigenvalue weighted by atomic mass is 9.57. The third-order valence-corrected chi connectivity index (χ3v) is 12.2. The van der Waals surface area contributed by atoms with Gasteiger partial charge in [-0.05, 0) is 62.1 Å². The van der Waals surface area contributed by atoms with Gasteiger partial charge in [0, 0.05) is 24.1 Å². The molecule has 1 saturated heterocycles. The van der Waals surface area contributed by atoms with Crippen molar-refractivity contribution in [2.45, 2.75) is 41.9 Å². The lowest BCUT2D eigenvalue weighted by Gasteiger charge is -2.58. The van der Waals surface area contributed by atoms with Crippen LogP contribution in [0.3, 0.4) is 0 Å². The average Bonchev–Trinajstić information content (AvgIpc) is 3.34. The first-order valence-corrected chi connectivity index (χ1v) is 16.0. The zero-order chi connectivity index (χ0) is 28.3. The Morgan fingerprint density at radius 1 is 1.05 bits per heavy atom. The molecule has 12 heteroatoms. The van der Waals surface area contributed by atoms with Crippen LogP contribution in [0.4, 0.5) is 5.82 Å². The molecule has 40 heavy (non-hydrogen) atoms. The Balaban J connectivity index is 1.26. The quantitative estimate of drug-likeness (QED) is 0.324. The number of sulfonamides is 1. The van der Waals surface area contributed by atoms with Crippen LogP contribution in [0.1, 0.15) is 24.0 Å². The van der Waals surface area contributed by atoms with E-state index < -0.39 is 43.1 Å². The molecule has 3 heterocycles. The first kappa shape index (κ1) is 26.6. The molecule has 0 bridgehead atoms. The summed E-state index contributed by atoms with van der Waals surface area (Å²) in [6.07, 6.45) is 3.73. The van der Waals surface area contributed by atoms with Crippen molar-refractivity contribution in [3.05, 3.63) is 78.1 Å². The van der Waals surface area contributed by atoms with Crippen molar-refractivity contribution < 1.29 is 21.6 Å². The molecule has 1 unspecified atom stereocenters. The third kappa shape index (κ3) is 4.30. The summed E-state index contributed by atoms with van der Waals surface area (Å²) < 4.78 is 55.5. The summed E-state index contributed by atoms with van der Waals surface area (Å²) in [5, 5.41) is 2.29. The topological polar surface area (TPSA) is 142 Å². The highest BCUT2D eigenvalue weighted by Crippen LogP contribution is 2.55. The Kier molecular flexibility index (Phi) is 6.32. The predicted molar refractivity (Wildman–Crippen MR) is 150 cm³/mol. The first-order chi connectivity index (χ1) is 19.0. The molecule has 1 saturated carbocycles. The Morgan fingerprint density at radius 3 is 2.52 bits per heavy atom. The number of ketones is 1. The summed E-state index contributed by atoms with van der Waals surface area (Å²) in [6.45, 7) is 3.63. The van der Waals surface area contributed by atoms with Crippen LogP contribution in [0.5, 0.6) is 0 Å². The van der Waals surface area contributed by atoms with E-state index in [-0.39, 0.29) is 21.4 Å². The summed E-state index contributed by atoms with van der Waals surface area (Å²) in [7, 11) is -7.79. The molecule has 0 radical (unpaired) electrons. The molecule has 1 aliphatic carbocycles. The number of carbonyl (C=O) groups excluding carboxylic acids is 1. The van der Waals surface area contributed by atoms with Crippen molar-refractivity contribution in [3.63, 3.8) is 0 Å². The number of nitrogens with one attached hydrogen (secondary N) is 2. The Bertz CT molecular complexity index is 1850. The number of benzene rings is 2. The largest absolute Gasteiger partial charge is 0.345 e. The molecule has 1 atom stereocenters. The summed E-state index contributed by atoms with van der Waals surface area (Å²) in [5.41, 5.74) is 1.87. The SMILES string of the molecule is Cc1cccc(S(=O)(=O)N(CC(=O)C2CC3(CNC3S(=O)(=O)c3ccccc3C)C2)c2cnc3[nH]ccc3n2)c1. The van der Waals surface area contributed by atoms with Gasteiger partial charge in [0.2, 0.25) is 0 Å². The maximum Gasteiger partial charge on any atom is 0.265 e. The summed E-state index contributed by atoms with van der Waals surface area (Å²) >= 11 is 0. The number of rotatable bonds is 8. The fraction of sp³-hybridized carbons (Fsp3) is 0.321. The maximum atomic E-state index is 13.8. The minimum absolute atomic E-state index is 0.0429. The van der Waals surface area contributed by atoms with E-state index in [1.54, 1.807) is 68.6 Å².